The van der Waals surface area contributed by atoms with Crippen LogP contribution in [0.5, 0.6) is 0 Å². The fourth-order valence-corrected chi connectivity index (χ4v) is 0. The van der Waals surface area contributed by atoms with Crippen LogP contribution in [0.3, 0.4) is 0 Å². The van der Waals surface area contributed by atoms with E-state index < -0.39 is 0 Å². The van der Waals surface area contributed by atoms with Crippen molar-refractivity contribution >= 4 is 18.4 Å². The molecule has 0 N–H and O–H groups in total. The van der Waals surface area contributed by atoms with Crippen LogP contribution in [-0.4, -0.2) is 23.3 Å². The first-order valence-corrected chi connectivity index (χ1v) is 2.54. The maximum atomic E-state index is 3.21. The first kappa shape index (κ1) is 6.49. The zero-order chi connectivity index (χ0) is 5.15. The Bertz CT molecular complexity index is 60.6. The molecule has 0 aliphatic rings. The lowest BCUT2D eigenvalue weighted by molar-refractivity contribution is -0.515. The van der Waals surface area contributed by atoms with E-state index in [0.717, 1.165) is 0 Å². The number of nitrogens with zero attached hydrogens (tertiary/aromatic N) is 2. The Morgan fingerprint density at radius 3 is 1.83 bits per heavy atom. The Kier molecular flexibility index (Phi) is 2.84. The molecule has 0 fully saturated rings. The lowest BCUT2D eigenvalue weighted by Gasteiger charge is -1.96. The van der Waals surface area contributed by atoms with E-state index in [0.29, 0.717) is 0 Å². The van der Waals surface area contributed by atoms with E-state index in [4.69, 9.17) is 0 Å². The number of hydrogen-bond acceptors (Lipinski definition) is 0. The SMILES string of the molecule is CN(C)[N+](=P)P. The van der Waals surface area contributed by atoms with Crippen molar-refractivity contribution < 1.29 is 4.21 Å². The Morgan fingerprint density at radius 1 is 1.67 bits per heavy atom. The summed E-state index contributed by atoms with van der Waals surface area (Å²) in [5.41, 5.74) is 0. The second-order valence-electron chi connectivity index (χ2n) is 1.19. The smallest absolute Gasteiger partial charge is 0.118 e. The molecule has 0 rings (SSSR count). The van der Waals surface area contributed by atoms with Crippen LogP contribution >= 0.6 is 18.4 Å². The molecular weight excluding hydrogens is 114 g/mol. The van der Waals surface area contributed by atoms with Crippen LogP contribution in [0.1, 0.15) is 0 Å². The topological polar surface area (TPSA) is 6.25 Å². The van der Waals surface area contributed by atoms with Crippen LogP contribution in [0, 0.1) is 0 Å². The molecule has 0 bridgehead atoms. The predicted octanol–water partition coefficient (Wildman–Crippen LogP) is 0.592. The highest BCUT2D eigenvalue weighted by Crippen LogP contribution is 1.90. The second-order valence-corrected chi connectivity index (χ2v) is 2.66. The van der Waals surface area contributed by atoms with Gasteiger partial charge in [0.25, 0.3) is 0 Å². The first-order chi connectivity index (χ1) is 2.64. The van der Waals surface area contributed by atoms with Gasteiger partial charge in [0, 0.05) is 14.1 Å². The monoisotopic (exact) mass is 123 g/mol. The standard InChI is InChI=1S/C2H9N2P2/c1-3(2)4(5)6/h5H,6H2,1-2H3/q+1. The number of hydrogen-bond donors (Lipinski definition) is 0. The van der Waals surface area contributed by atoms with Crippen molar-refractivity contribution in [3.63, 3.8) is 0 Å². The summed E-state index contributed by atoms with van der Waals surface area (Å²) in [5, 5.41) is 1.88. The normalized spacial score (nSPS) is 9.33. The van der Waals surface area contributed by atoms with Gasteiger partial charge in [-0.15, -0.1) is 4.21 Å². The van der Waals surface area contributed by atoms with Gasteiger partial charge in [-0.05, 0) is 0 Å². The second kappa shape index (κ2) is 2.63. The minimum atomic E-state index is 1.72. The highest BCUT2D eigenvalue weighted by Gasteiger charge is 1.89. The molecule has 0 saturated carbocycles. The first-order valence-electron chi connectivity index (χ1n) is 1.58. The Morgan fingerprint density at radius 2 is 1.83 bits per heavy atom. The lowest BCUT2D eigenvalue weighted by Crippen LogP contribution is -2.13. The van der Waals surface area contributed by atoms with Crippen LogP contribution in [0.15, 0.2) is 0 Å². The summed E-state index contributed by atoms with van der Waals surface area (Å²) < 4.78 is 1.72. The van der Waals surface area contributed by atoms with Crippen molar-refractivity contribution in [2.45, 2.75) is 0 Å². The maximum Gasteiger partial charge on any atom is 0.216 e. The van der Waals surface area contributed by atoms with Gasteiger partial charge in [0.2, 0.25) is 9.03 Å². The van der Waals surface area contributed by atoms with E-state index in [1.807, 2.05) is 19.1 Å². The van der Waals surface area contributed by atoms with Gasteiger partial charge in [0.05, 0.1) is 0 Å². The largest absolute Gasteiger partial charge is 0.216 e. The third-order valence-electron chi connectivity index (χ3n) is 0.431. The Hall–Kier alpha value is 0.490. The molecular formula is C2H9N2P2+. The molecule has 4 heteroatoms. The highest BCUT2D eigenvalue weighted by molar-refractivity contribution is 7.15. The molecule has 0 aliphatic heterocycles. The van der Waals surface area contributed by atoms with Crippen molar-refractivity contribution in [2.24, 2.45) is 0 Å². The van der Waals surface area contributed by atoms with Crippen molar-refractivity contribution in [3.05, 3.63) is 0 Å². The minimum absolute atomic E-state index is 1.72. The van der Waals surface area contributed by atoms with E-state index in [2.05, 4.69) is 18.4 Å². The zero-order valence-corrected chi connectivity index (χ0v) is 6.13. The third kappa shape index (κ3) is 2.71. The van der Waals surface area contributed by atoms with E-state index in [9.17, 15) is 0 Å². The van der Waals surface area contributed by atoms with Gasteiger partial charge in [-0.2, -0.15) is 0 Å². The molecule has 36 valence electrons. The van der Waals surface area contributed by atoms with Crippen molar-refractivity contribution in [2.75, 3.05) is 14.1 Å². The summed E-state index contributed by atoms with van der Waals surface area (Å²) in [5.74, 6) is 0. The molecule has 0 aromatic carbocycles. The third-order valence-corrected chi connectivity index (χ3v) is 1.29. The molecule has 6 heavy (non-hydrogen) atoms. The Labute approximate surface area is 42.7 Å². The van der Waals surface area contributed by atoms with E-state index >= 15 is 0 Å². The van der Waals surface area contributed by atoms with E-state index in [1.165, 1.54) is 0 Å². The Balaban J connectivity index is 3.26. The van der Waals surface area contributed by atoms with Crippen molar-refractivity contribution in [1.82, 2.24) is 5.01 Å². The lowest BCUT2D eigenvalue weighted by atomic mass is 11.2. The molecule has 0 spiro atoms. The molecule has 1 unspecified atom stereocenters. The molecule has 0 radical (unpaired) electrons. The fraction of sp³-hybridized carbons (Fsp3) is 1.00. The van der Waals surface area contributed by atoms with Crippen LogP contribution in [0.4, 0.5) is 0 Å². The molecule has 0 amide bonds. The van der Waals surface area contributed by atoms with Gasteiger partial charge in [0.1, 0.15) is 0 Å². The summed E-state index contributed by atoms with van der Waals surface area (Å²) >= 11 is 0. The van der Waals surface area contributed by atoms with E-state index in [1.54, 1.807) is 4.21 Å². The summed E-state index contributed by atoms with van der Waals surface area (Å²) in [6.45, 7) is 0. The summed E-state index contributed by atoms with van der Waals surface area (Å²) in [6, 6.07) is 0. The maximum absolute atomic E-state index is 3.21. The molecule has 0 aliphatic carbocycles. The number of rotatable bonds is 1. The predicted molar refractivity (Wildman–Crippen MR) is 32.0 cm³/mol. The van der Waals surface area contributed by atoms with Gasteiger partial charge in [-0.25, -0.2) is 0 Å². The molecule has 2 nitrogen and oxygen atoms in total. The molecule has 0 aromatic rings. The molecule has 1 atom stereocenters. The van der Waals surface area contributed by atoms with Gasteiger partial charge < -0.3 is 0 Å². The van der Waals surface area contributed by atoms with Gasteiger partial charge >= 0.3 is 0 Å². The molecule has 0 heterocycles. The molecule has 0 aromatic heterocycles. The quantitative estimate of drug-likeness (QED) is 0.365. The average molecular weight is 123 g/mol. The number of hydrazine groups is 1. The molecule has 0 saturated heterocycles. The van der Waals surface area contributed by atoms with Gasteiger partial charge in [-0.3, -0.25) is 0 Å². The average Bonchev–Trinajstić information content (AvgIpc) is 1.36. The summed E-state index contributed by atoms with van der Waals surface area (Å²) in [4.78, 5) is 0. The minimum Gasteiger partial charge on any atom is -0.118 e. The van der Waals surface area contributed by atoms with E-state index in [-0.39, 0.29) is 0 Å². The van der Waals surface area contributed by atoms with Crippen molar-refractivity contribution in [3.8, 4) is 0 Å². The van der Waals surface area contributed by atoms with Gasteiger partial charge in [0.15, 0.2) is 9.39 Å². The zero-order valence-electron chi connectivity index (χ0n) is 3.97. The fourth-order valence-electron chi connectivity index (χ4n) is 0. The van der Waals surface area contributed by atoms with Crippen LogP contribution in [0.25, 0.3) is 0 Å². The van der Waals surface area contributed by atoms with Crippen LogP contribution in [0.2, 0.25) is 0 Å². The van der Waals surface area contributed by atoms with Crippen molar-refractivity contribution in [1.29, 1.82) is 0 Å². The highest BCUT2D eigenvalue weighted by atomic mass is 31.1. The van der Waals surface area contributed by atoms with Crippen LogP contribution in [-0.2, 0) is 0 Å². The van der Waals surface area contributed by atoms with Crippen LogP contribution < -0.4 is 0 Å². The van der Waals surface area contributed by atoms with Gasteiger partial charge in [-0.1, -0.05) is 5.01 Å². The summed E-state index contributed by atoms with van der Waals surface area (Å²) in [7, 11) is 9.51. The summed E-state index contributed by atoms with van der Waals surface area (Å²) in [6.07, 6.45) is 0.